The number of fused-ring (bicyclic) bond motifs is 1. The summed E-state index contributed by atoms with van der Waals surface area (Å²) in [5, 5.41) is 9.10. The average molecular weight is 219 g/mol. The molecule has 1 N–H and O–H groups in total. The fraction of sp³-hybridized carbons (Fsp3) is 0.571. The number of benzene rings is 1. The van der Waals surface area contributed by atoms with Gasteiger partial charge in [0.15, 0.2) is 0 Å². The highest BCUT2D eigenvalue weighted by molar-refractivity contribution is 5.29. The number of hydrogen-bond donors (Lipinski definition) is 1. The minimum Gasteiger partial charge on any atom is -0.396 e. The standard InChI is InChI=1S/C14H21NO/c1-14(2,8-10-16)15-9-7-12-5-3-4-6-13(12)11-15/h3-6,16H,7-11H2,1-2H3. The average Bonchev–Trinajstić information content (AvgIpc) is 2.28. The van der Waals surface area contributed by atoms with E-state index in [-0.39, 0.29) is 12.1 Å². The first kappa shape index (κ1) is 11.6. The van der Waals surface area contributed by atoms with E-state index >= 15 is 0 Å². The summed E-state index contributed by atoms with van der Waals surface area (Å²) >= 11 is 0. The van der Waals surface area contributed by atoms with E-state index in [0.29, 0.717) is 0 Å². The Morgan fingerprint density at radius 3 is 2.62 bits per heavy atom. The van der Waals surface area contributed by atoms with E-state index in [9.17, 15) is 0 Å². The summed E-state index contributed by atoms with van der Waals surface area (Å²) in [7, 11) is 0. The number of nitrogens with zero attached hydrogens (tertiary/aromatic N) is 1. The highest BCUT2D eigenvalue weighted by Crippen LogP contribution is 2.26. The third-order valence-electron chi connectivity index (χ3n) is 3.71. The lowest BCUT2D eigenvalue weighted by atomic mass is 9.92. The van der Waals surface area contributed by atoms with E-state index in [1.54, 1.807) is 0 Å². The maximum Gasteiger partial charge on any atom is 0.0448 e. The van der Waals surface area contributed by atoms with Crippen molar-refractivity contribution >= 4 is 0 Å². The Morgan fingerprint density at radius 2 is 1.94 bits per heavy atom. The predicted octanol–water partition coefficient (Wildman–Crippen LogP) is 2.21. The molecule has 16 heavy (non-hydrogen) atoms. The van der Waals surface area contributed by atoms with Gasteiger partial charge in [-0.1, -0.05) is 24.3 Å². The van der Waals surface area contributed by atoms with Crippen LogP contribution in [0.4, 0.5) is 0 Å². The molecule has 0 aliphatic carbocycles. The molecule has 0 aromatic heterocycles. The van der Waals surface area contributed by atoms with Crippen LogP contribution in [0.5, 0.6) is 0 Å². The van der Waals surface area contributed by atoms with Crippen molar-refractivity contribution in [1.29, 1.82) is 0 Å². The molecule has 2 nitrogen and oxygen atoms in total. The molecular formula is C14H21NO. The zero-order valence-electron chi connectivity index (χ0n) is 10.2. The van der Waals surface area contributed by atoms with Crippen LogP contribution in [0.1, 0.15) is 31.4 Å². The largest absolute Gasteiger partial charge is 0.396 e. The summed E-state index contributed by atoms with van der Waals surface area (Å²) in [5.41, 5.74) is 3.03. The van der Waals surface area contributed by atoms with Gasteiger partial charge in [-0.05, 0) is 37.8 Å². The topological polar surface area (TPSA) is 23.5 Å². The van der Waals surface area contributed by atoms with Gasteiger partial charge >= 0.3 is 0 Å². The van der Waals surface area contributed by atoms with E-state index in [4.69, 9.17) is 5.11 Å². The van der Waals surface area contributed by atoms with E-state index in [1.165, 1.54) is 11.1 Å². The van der Waals surface area contributed by atoms with Gasteiger partial charge in [0, 0.05) is 25.2 Å². The first-order valence-corrected chi connectivity index (χ1v) is 6.06. The second-order valence-electron chi connectivity index (χ2n) is 5.23. The number of aliphatic hydroxyl groups excluding tert-OH is 1. The van der Waals surface area contributed by atoms with Gasteiger partial charge in [0.05, 0.1) is 0 Å². The Hall–Kier alpha value is -0.860. The molecule has 0 amide bonds. The summed E-state index contributed by atoms with van der Waals surface area (Å²) in [6.45, 7) is 6.83. The van der Waals surface area contributed by atoms with Crippen molar-refractivity contribution in [1.82, 2.24) is 4.90 Å². The van der Waals surface area contributed by atoms with Gasteiger partial charge < -0.3 is 5.11 Å². The van der Waals surface area contributed by atoms with E-state index in [2.05, 4.69) is 43.0 Å². The normalized spacial score (nSPS) is 17.2. The van der Waals surface area contributed by atoms with Crippen LogP contribution in [0, 0.1) is 0 Å². The summed E-state index contributed by atoms with van der Waals surface area (Å²) in [6.07, 6.45) is 1.97. The quantitative estimate of drug-likeness (QED) is 0.842. The summed E-state index contributed by atoms with van der Waals surface area (Å²) in [6, 6.07) is 8.68. The number of rotatable bonds is 3. The smallest absolute Gasteiger partial charge is 0.0448 e. The number of aliphatic hydroxyl groups is 1. The molecule has 1 aromatic rings. The lowest BCUT2D eigenvalue weighted by molar-refractivity contribution is 0.0769. The van der Waals surface area contributed by atoms with Crippen LogP contribution in [0.3, 0.4) is 0 Å². The van der Waals surface area contributed by atoms with Crippen molar-refractivity contribution in [3.8, 4) is 0 Å². The summed E-state index contributed by atoms with van der Waals surface area (Å²) in [4.78, 5) is 2.48. The second kappa shape index (κ2) is 4.56. The fourth-order valence-electron chi connectivity index (χ4n) is 2.44. The molecule has 1 aliphatic rings. The highest BCUT2D eigenvalue weighted by atomic mass is 16.3. The van der Waals surface area contributed by atoms with Gasteiger partial charge in [-0.15, -0.1) is 0 Å². The maximum absolute atomic E-state index is 9.10. The van der Waals surface area contributed by atoms with Gasteiger partial charge in [-0.2, -0.15) is 0 Å². The van der Waals surface area contributed by atoms with Crippen molar-refractivity contribution in [2.75, 3.05) is 13.2 Å². The predicted molar refractivity (Wildman–Crippen MR) is 66.3 cm³/mol. The van der Waals surface area contributed by atoms with Crippen molar-refractivity contribution in [2.24, 2.45) is 0 Å². The van der Waals surface area contributed by atoms with Crippen molar-refractivity contribution < 1.29 is 5.11 Å². The van der Waals surface area contributed by atoms with E-state index in [0.717, 1.165) is 25.9 Å². The lowest BCUT2D eigenvalue weighted by Crippen LogP contribution is -2.47. The third kappa shape index (κ3) is 2.28. The van der Waals surface area contributed by atoms with Crippen molar-refractivity contribution in [3.05, 3.63) is 35.4 Å². The lowest BCUT2D eigenvalue weighted by Gasteiger charge is -2.41. The van der Waals surface area contributed by atoms with Crippen LogP contribution < -0.4 is 0 Å². The van der Waals surface area contributed by atoms with Crippen LogP contribution in [0.15, 0.2) is 24.3 Å². The van der Waals surface area contributed by atoms with Crippen LogP contribution in [-0.2, 0) is 13.0 Å². The van der Waals surface area contributed by atoms with Crippen LogP contribution >= 0.6 is 0 Å². The van der Waals surface area contributed by atoms with Gasteiger partial charge in [0.25, 0.3) is 0 Å². The SMILES string of the molecule is CC(C)(CCO)N1CCc2ccccc2C1. The molecule has 2 rings (SSSR count). The van der Waals surface area contributed by atoms with Crippen molar-refractivity contribution in [3.63, 3.8) is 0 Å². The van der Waals surface area contributed by atoms with Gasteiger partial charge in [0.2, 0.25) is 0 Å². The maximum atomic E-state index is 9.10. The minimum atomic E-state index is 0.0995. The Morgan fingerprint density at radius 1 is 1.25 bits per heavy atom. The monoisotopic (exact) mass is 219 g/mol. The second-order valence-corrected chi connectivity index (χ2v) is 5.23. The first-order valence-electron chi connectivity index (χ1n) is 6.06. The van der Waals surface area contributed by atoms with E-state index in [1.807, 2.05) is 0 Å². The molecule has 0 bridgehead atoms. The Kier molecular flexibility index (Phi) is 3.31. The van der Waals surface area contributed by atoms with E-state index < -0.39 is 0 Å². The Bertz CT molecular complexity index is 360. The molecule has 0 atom stereocenters. The minimum absolute atomic E-state index is 0.0995. The molecule has 1 aromatic carbocycles. The van der Waals surface area contributed by atoms with Crippen LogP contribution in [0.25, 0.3) is 0 Å². The third-order valence-corrected chi connectivity index (χ3v) is 3.71. The Balaban J connectivity index is 2.13. The fourth-order valence-corrected chi connectivity index (χ4v) is 2.44. The molecule has 0 radical (unpaired) electrons. The summed E-state index contributed by atoms with van der Waals surface area (Å²) in [5.74, 6) is 0. The number of hydrogen-bond acceptors (Lipinski definition) is 2. The van der Waals surface area contributed by atoms with Gasteiger partial charge in [0.1, 0.15) is 0 Å². The molecule has 0 saturated heterocycles. The van der Waals surface area contributed by atoms with Gasteiger partial charge in [-0.25, -0.2) is 0 Å². The highest BCUT2D eigenvalue weighted by Gasteiger charge is 2.28. The molecule has 88 valence electrons. The molecule has 2 heteroatoms. The summed E-state index contributed by atoms with van der Waals surface area (Å²) < 4.78 is 0. The van der Waals surface area contributed by atoms with Gasteiger partial charge in [-0.3, -0.25) is 4.90 Å². The molecule has 0 spiro atoms. The molecule has 0 unspecified atom stereocenters. The Labute approximate surface area is 97.9 Å². The van der Waals surface area contributed by atoms with Crippen LogP contribution in [-0.4, -0.2) is 28.7 Å². The zero-order valence-corrected chi connectivity index (χ0v) is 10.2. The molecule has 1 aliphatic heterocycles. The van der Waals surface area contributed by atoms with Crippen molar-refractivity contribution in [2.45, 2.75) is 38.8 Å². The zero-order chi connectivity index (χ0) is 11.6. The molecular weight excluding hydrogens is 198 g/mol. The van der Waals surface area contributed by atoms with Crippen LogP contribution in [0.2, 0.25) is 0 Å². The molecule has 1 heterocycles. The molecule has 0 fully saturated rings. The first-order chi connectivity index (χ1) is 7.63. The molecule has 0 saturated carbocycles.